The number of non-ortho nitro benzene ring substituents is 1. The maximum Gasteiger partial charge on any atom is 0.269 e. The molecule has 2 rings (SSSR count). The van der Waals surface area contributed by atoms with Gasteiger partial charge >= 0.3 is 0 Å². The molecule has 104 valence electrons. The van der Waals surface area contributed by atoms with Gasteiger partial charge in [0.2, 0.25) is 0 Å². The predicted molar refractivity (Wildman–Crippen MR) is 71.0 cm³/mol. The van der Waals surface area contributed by atoms with Crippen molar-refractivity contribution in [2.24, 2.45) is 5.92 Å². The first-order chi connectivity index (χ1) is 9.02. The van der Waals surface area contributed by atoms with Crippen molar-refractivity contribution in [1.82, 2.24) is 0 Å². The van der Waals surface area contributed by atoms with Gasteiger partial charge in [-0.3, -0.25) is 10.1 Å². The summed E-state index contributed by atoms with van der Waals surface area (Å²) in [5.41, 5.74) is 1.36. The van der Waals surface area contributed by atoms with Gasteiger partial charge in [0.15, 0.2) is 0 Å². The zero-order chi connectivity index (χ0) is 14.0. The lowest BCUT2D eigenvalue weighted by Crippen LogP contribution is -2.24. The van der Waals surface area contributed by atoms with Crippen LogP contribution in [0.25, 0.3) is 0 Å². The van der Waals surface area contributed by atoms with Crippen LogP contribution in [0.3, 0.4) is 0 Å². The summed E-state index contributed by atoms with van der Waals surface area (Å²) < 4.78 is 0. The van der Waals surface area contributed by atoms with Crippen LogP contribution in [0, 0.1) is 16.0 Å². The van der Waals surface area contributed by atoms with Crippen molar-refractivity contribution in [3.63, 3.8) is 0 Å². The molecular formula is C13H18N2O4. The molecule has 1 fully saturated rings. The van der Waals surface area contributed by atoms with Crippen molar-refractivity contribution < 1.29 is 15.1 Å². The second kappa shape index (κ2) is 5.54. The fourth-order valence-electron chi connectivity index (χ4n) is 2.52. The van der Waals surface area contributed by atoms with Gasteiger partial charge in [0, 0.05) is 42.4 Å². The molecule has 2 atom stereocenters. The van der Waals surface area contributed by atoms with Crippen molar-refractivity contribution in [1.29, 1.82) is 0 Å². The van der Waals surface area contributed by atoms with Crippen LogP contribution in [0.5, 0.6) is 0 Å². The third-order valence-corrected chi connectivity index (χ3v) is 3.69. The van der Waals surface area contributed by atoms with Crippen molar-refractivity contribution in [3.05, 3.63) is 33.9 Å². The summed E-state index contributed by atoms with van der Waals surface area (Å²) >= 11 is 0. The Labute approximate surface area is 111 Å². The normalized spacial score (nSPS) is 20.6. The number of hydrogen-bond donors (Lipinski definition) is 2. The van der Waals surface area contributed by atoms with Crippen LogP contribution in [0.15, 0.2) is 18.2 Å². The molecule has 1 aromatic carbocycles. The zero-order valence-corrected chi connectivity index (χ0v) is 10.8. The van der Waals surface area contributed by atoms with Gasteiger partial charge in [0.1, 0.15) is 0 Å². The Morgan fingerprint density at radius 2 is 2.32 bits per heavy atom. The van der Waals surface area contributed by atoms with Crippen LogP contribution < -0.4 is 4.90 Å². The molecule has 0 radical (unpaired) electrons. The van der Waals surface area contributed by atoms with Crippen LogP contribution >= 0.6 is 0 Å². The van der Waals surface area contributed by atoms with E-state index in [-0.39, 0.29) is 24.3 Å². The highest BCUT2D eigenvalue weighted by Gasteiger charge is 2.27. The van der Waals surface area contributed by atoms with E-state index in [1.54, 1.807) is 13.0 Å². The molecule has 2 N–H and O–H groups in total. The average molecular weight is 266 g/mol. The van der Waals surface area contributed by atoms with Gasteiger partial charge in [-0.25, -0.2) is 0 Å². The summed E-state index contributed by atoms with van der Waals surface area (Å²) in [6, 6.07) is 4.53. The molecule has 0 aromatic heterocycles. The van der Waals surface area contributed by atoms with Gasteiger partial charge < -0.3 is 15.1 Å². The molecule has 2 unspecified atom stereocenters. The Hall–Kier alpha value is -1.66. The van der Waals surface area contributed by atoms with Gasteiger partial charge in [0.05, 0.1) is 17.6 Å². The van der Waals surface area contributed by atoms with E-state index in [1.807, 2.05) is 0 Å². The van der Waals surface area contributed by atoms with Gasteiger partial charge in [0.25, 0.3) is 5.69 Å². The zero-order valence-electron chi connectivity index (χ0n) is 10.8. The van der Waals surface area contributed by atoms with Crippen LogP contribution in [-0.2, 0) is 6.61 Å². The SMILES string of the molecule is CC(O)C1CCN(c2ccc([N+](=O)[O-])cc2CO)C1. The molecule has 1 aliphatic heterocycles. The first kappa shape index (κ1) is 13.8. The third-order valence-electron chi connectivity index (χ3n) is 3.69. The number of anilines is 1. The lowest BCUT2D eigenvalue weighted by molar-refractivity contribution is -0.384. The fraction of sp³-hybridized carbons (Fsp3) is 0.538. The fourth-order valence-corrected chi connectivity index (χ4v) is 2.52. The van der Waals surface area contributed by atoms with E-state index in [0.29, 0.717) is 12.1 Å². The van der Waals surface area contributed by atoms with E-state index in [1.165, 1.54) is 12.1 Å². The van der Waals surface area contributed by atoms with Crippen LogP contribution in [0.2, 0.25) is 0 Å². The predicted octanol–water partition coefficient (Wildman–Crippen LogP) is 1.29. The van der Waals surface area contributed by atoms with Gasteiger partial charge in [-0.15, -0.1) is 0 Å². The van der Waals surface area contributed by atoms with E-state index in [9.17, 15) is 20.3 Å². The maximum atomic E-state index is 10.7. The first-order valence-electron chi connectivity index (χ1n) is 6.34. The minimum absolute atomic E-state index is 0.0147. The molecule has 0 amide bonds. The number of aliphatic hydroxyl groups excluding tert-OH is 2. The Bertz CT molecular complexity index is 476. The van der Waals surface area contributed by atoms with Crippen LogP contribution in [0.1, 0.15) is 18.9 Å². The highest BCUT2D eigenvalue weighted by atomic mass is 16.6. The van der Waals surface area contributed by atoms with Gasteiger partial charge in [-0.1, -0.05) is 0 Å². The smallest absolute Gasteiger partial charge is 0.269 e. The van der Waals surface area contributed by atoms with Crippen LogP contribution in [-0.4, -0.2) is 34.3 Å². The molecule has 6 nitrogen and oxygen atoms in total. The third kappa shape index (κ3) is 2.85. The van der Waals surface area contributed by atoms with Crippen molar-refractivity contribution in [2.45, 2.75) is 26.1 Å². The highest BCUT2D eigenvalue weighted by molar-refractivity contribution is 5.58. The molecule has 19 heavy (non-hydrogen) atoms. The molecule has 6 heteroatoms. The summed E-state index contributed by atoms with van der Waals surface area (Å²) in [4.78, 5) is 12.3. The maximum absolute atomic E-state index is 10.7. The molecule has 1 saturated heterocycles. The molecule has 1 aromatic rings. The average Bonchev–Trinajstić information content (AvgIpc) is 2.87. The largest absolute Gasteiger partial charge is 0.393 e. The number of aliphatic hydroxyl groups is 2. The molecule has 1 aliphatic rings. The lowest BCUT2D eigenvalue weighted by Gasteiger charge is -2.22. The second-order valence-corrected chi connectivity index (χ2v) is 4.96. The second-order valence-electron chi connectivity index (χ2n) is 4.96. The molecular weight excluding hydrogens is 248 g/mol. The topological polar surface area (TPSA) is 86.8 Å². The summed E-state index contributed by atoms with van der Waals surface area (Å²) in [6.45, 7) is 3.05. The number of nitro groups is 1. The van der Waals surface area contributed by atoms with E-state index < -0.39 is 4.92 Å². The Balaban J connectivity index is 2.23. The molecule has 0 spiro atoms. The standard InChI is InChI=1S/C13H18N2O4/c1-9(17)10-4-5-14(7-10)13-3-2-12(15(18)19)6-11(13)8-16/h2-3,6,9-10,16-17H,4-5,7-8H2,1H3. The van der Waals surface area contributed by atoms with Gasteiger partial charge in [-0.05, 0) is 19.4 Å². The van der Waals surface area contributed by atoms with Crippen molar-refractivity contribution in [2.75, 3.05) is 18.0 Å². The summed E-state index contributed by atoms with van der Waals surface area (Å²) in [6.07, 6.45) is 0.528. The van der Waals surface area contributed by atoms with E-state index in [4.69, 9.17) is 0 Å². The molecule has 1 heterocycles. The molecule has 0 aliphatic carbocycles. The number of nitro benzene ring substituents is 1. The number of hydrogen-bond acceptors (Lipinski definition) is 5. The summed E-state index contributed by atoms with van der Waals surface area (Å²) in [7, 11) is 0. The number of rotatable bonds is 4. The van der Waals surface area contributed by atoms with Gasteiger partial charge in [-0.2, -0.15) is 0 Å². The van der Waals surface area contributed by atoms with Crippen molar-refractivity contribution in [3.8, 4) is 0 Å². The van der Waals surface area contributed by atoms with Crippen molar-refractivity contribution >= 4 is 11.4 Å². The van der Waals surface area contributed by atoms with E-state index in [0.717, 1.165) is 18.7 Å². The van der Waals surface area contributed by atoms with E-state index >= 15 is 0 Å². The lowest BCUT2D eigenvalue weighted by atomic mass is 10.0. The quantitative estimate of drug-likeness (QED) is 0.633. The monoisotopic (exact) mass is 266 g/mol. The van der Waals surface area contributed by atoms with Crippen LogP contribution in [0.4, 0.5) is 11.4 Å². The molecule has 0 saturated carbocycles. The minimum Gasteiger partial charge on any atom is -0.393 e. The van der Waals surface area contributed by atoms with E-state index in [2.05, 4.69) is 4.90 Å². The Morgan fingerprint density at radius 1 is 1.58 bits per heavy atom. The summed E-state index contributed by atoms with van der Waals surface area (Å²) in [5, 5.41) is 29.7. The summed E-state index contributed by atoms with van der Waals surface area (Å²) in [5.74, 6) is 0.210. The Morgan fingerprint density at radius 3 is 2.84 bits per heavy atom. The Kier molecular flexibility index (Phi) is 4.01. The molecule has 0 bridgehead atoms. The highest BCUT2D eigenvalue weighted by Crippen LogP contribution is 2.30. The number of nitrogens with zero attached hydrogens (tertiary/aromatic N) is 2. The number of benzene rings is 1. The first-order valence-corrected chi connectivity index (χ1v) is 6.34. The minimum atomic E-state index is -0.467.